The minimum absolute atomic E-state index is 0.247. The van der Waals surface area contributed by atoms with Crippen LogP contribution in [0.2, 0.25) is 0 Å². The molecule has 4 nitrogen and oxygen atoms in total. The number of aryl methyl sites for hydroxylation is 1. The Morgan fingerprint density at radius 3 is 2.90 bits per heavy atom. The fraction of sp³-hybridized carbons (Fsp3) is 0.733. The van der Waals surface area contributed by atoms with E-state index in [4.69, 9.17) is 0 Å². The number of piperidine rings is 1. The number of nitrogens with one attached hydrogen (secondary N) is 1. The van der Waals surface area contributed by atoms with Gasteiger partial charge in [-0.3, -0.25) is 4.79 Å². The predicted molar refractivity (Wildman–Crippen MR) is 82.8 cm³/mol. The first-order valence-corrected chi connectivity index (χ1v) is 8.39. The number of thiazole rings is 1. The van der Waals surface area contributed by atoms with Crippen LogP contribution in [-0.2, 0) is 17.8 Å². The van der Waals surface area contributed by atoms with Crippen LogP contribution in [0.5, 0.6) is 0 Å². The molecule has 1 saturated heterocycles. The molecule has 0 unspecified atom stereocenters. The molecular weight excluding hydrogens is 270 g/mol. The first kappa shape index (κ1) is 15.4. The van der Waals surface area contributed by atoms with E-state index in [1.807, 2.05) is 18.1 Å². The molecule has 0 aliphatic carbocycles. The zero-order valence-corrected chi connectivity index (χ0v) is 13.3. The second-order valence-electron chi connectivity index (χ2n) is 5.56. The Bertz CT molecular complexity index is 427. The second-order valence-corrected chi connectivity index (χ2v) is 6.76. The summed E-state index contributed by atoms with van der Waals surface area (Å²) in [5.41, 5.74) is 0. The van der Waals surface area contributed by atoms with Gasteiger partial charge in [0.1, 0.15) is 5.01 Å². The van der Waals surface area contributed by atoms with Crippen molar-refractivity contribution in [3.63, 3.8) is 0 Å². The number of amides is 1. The minimum atomic E-state index is 0.247. The van der Waals surface area contributed by atoms with Crippen molar-refractivity contribution in [3.05, 3.63) is 16.1 Å². The van der Waals surface area contributed by atoms with Crippen LogP contribution in [0.25, 0.3) is 0 Å². The van der Waals surface area contributed by atoms with Crippen molar-refractivity contribution in [2.75, 3.05) is 20.1 Å². The lowest BCUT2D eigenvalue weighted by Gasteiger charge is -2.23. The minimum Gasteiger partial charge on any atom is -0.339 e. The molecule has 1 aliphatic heterocycles. The van der Waals surface area contributed by atoms with E-state index in [9.17, 15) is 4.79 Å². The summed E-state index contributed by atoms with van der Waals surface area (Å²) in [4.78, 5) is 19.6. The molecule has 5 heteroatoms. The topological polar surface area (TPSA) is 45.2 Å². The zero-order chi connectivity index (χ0) is 14.4. The van der Waals surface area contributed by atoms with Crippen LogP contribution < -0.4 is 5.32 Å². The Hall–Kier alpha value is -0.940. The highest BCUT2D eigenvalue weighted by molar-refractivity contribution is 7.11. The SMILES string of the molecule is CCc1cnc(CN(C)C(=O)CCC2CCNCC2)s1. The van der Waals surface area contributed by atoms with E-state index in [0.29, 0.717) is 13.0 Å². The van der Waals surface area contributed by atoms with Crippen molar-refractivity contribution in [2.24, 2.45) is 5.92 Å². The molecule has 0 radical (unpaired) electrons. The van der Waals surface area contributed by atoms with E-state index < -0.39 is 0 Å². The molecule has 1 N–H and O–H groups in total. The Morgan fingerprint density at radius 2 is 2.25 bits per heavy atom. The van der Waals surface area contributed by atoms with Gasteiger partial charge in [-0.15, -0.1) is 11.3 Å². The molecule has 0 saturated carbocycles. The average molecular weight is 295 g/mol. The van der Waals surface area contributed by atoms with Crippen LogP contribution in [0.3, 0.4) is 0 Å². The molecule has 1 amide bonds. The van der Waals surface area contributed by atoms with E-state index in [1.54, 1.807) is 11.3 Å². The summed E-state index contributed by atoms with van der Waals surface area (Å²) in [7, 11) is 1.89. The van der Waals surface area contributed by atoms with Crippen molar-refractivity contribution >= 4 is 17.2 Å². The van der Waals surface area contributed by atoms with Gasteiger partial charge in [0.05, 0.1) is 6.54 Å². The number of nitrogens with zero attached hydrogens (tertiary/aromatic N) is 2. The van der Waals surface area contributed by atoms with Crippen LogP contribution in [-0.4, -0.2) is 35.9 Å². The van der Waals surface area contributed by atoms with Gasteiger partial charge >= 0.3 is 0 Å². The average Bonchev–Trinajstić information content (AvgIpc) is 2.93. The van der Waals surface area contributed by atoms with Gasteiger partial charge in [0, 0.05) is 24.5 Å². The Morgan fingerprint density at radius 1 is 1.50 bits per heavy atom. The lowest BCUT2D eigenvalue weighted by atomic mass is 9.93. The van der Waals surface area contributed by atoms with E-state index in [0.717, 1.165) is 36.9 Å². The summed E-state index contributed by atoms with van der Waals surface area (Å²) in [6.07, 6.45) is 7.07. The summed E-state index contributed by atoms with van der Waals surface area (Å²) < 4.78 is 0. The number of carbonyl (C=O) groups excluding carboxylic acids is 1. The number of aromatic nitrogens is 1. The van der Waals surface area contributed by atoms with Crippen LogP contribution >= 0.6 is 11.3 Å². The maximum atomic E-state index is 12.2. The molecule has 1 aromatic rings. The summed E-state index contributed by atoms with van der Waals surface area (Å²) in [5.74, 6) is 0.969. The van der Waals surface area contributed by atoms with Crippen molar-refractivity contribution in [1.82, 2.24) is 15.2 Å². The maximum Gasteiger partial charge on any atom is 0.222 e. The summed E-state index contributed by atoms with van der Waals surface area (Å²) in [6.45, 7) is 4.99. The standard InChI is InChI=1S/C15H25N3OS/c1-3-13-10-17-14(20-13)11-18(2)15(19)5-4-12-6-8-16-9-7-12/h10,12,16H,3-9,11H2,1-2H3. The monoisotopic (exact) mass is 295 g/mol. The Balaban J connectivity index is 1.73. The van der Waals surface area contributed by atoms with Crippen molar-refractivity contribution in [2.45, 2.75) is 45.6 Å². The third kappa shape index (κ3) is 4.56. The van der Waals surface area contributed by atoms with Gasteiger partial charge in [-0.1, -0.05) is 6.92 Å². The molecule has 0 bridgehead atoms. The highest BCUT2D eigenvalue weighted by atomic mass is 32.1. The van der Waals surface area contributed by atoms with Gasteiger partial charge in [0.2, 0.25) is 5.91 Å². The van der Waals surface area contributed by atoms with Crippen LogP contribution in [0.1, 0.15) is 42.5 Å². The van der Waals surface area contributed by atoms with E-state index >= 15 is 0 Å². The predicted octanol–water partition coefficient (Wildman–Crippen LogP) is 2.44. The molecule has 2 heterocycles. The molecular formula is C15H25N3OS. The molecule has 0 atom stereocenters. The van der Waals surface area contributed by atoms with Gasteiger partial charge in [0.25, 0.3) is 0 Å². The van der Waals surface area contributed by atoms with Crippen LogP contribution in [0.4, 0.5) is 0 Å². The Labute approximate surface area is 125 Å². The highest BCUT2D eigenvalue weighted by Crippen LogP contribution is 2.19. The van der Waals surface area contributed by atoms with Gasteiger partial charge in [0.15, 0.2) is 0 Å². The summed E-state index contributed by atoms with van der Waals surface area (Å²) >= 11 is 1.71. The number of hydrogen-bond donors (Lipinski definition) is 1. The van der Waals surface area contributed by atoms with Crippen LogP contribution in [0, 0.1) is 5.92 Å². The largest absolute Gasteiger partial charge is 0.339 e. The molecule has 0 spiro atoms. The molecule has 0 aromatic carbocycles. The molecule has 2 rings (SSSR count). The summed E-state index contributed by atoms with van der Waals surface area (Å²) in [5, 5.41) is 4.40. The smallest absolute Gasteiger partial charge is 0.222 e. The lowest BCUT2D eigenvalue weighted by molar-refractivity contribution is -0.130. The first-order valence-electron chi connectivity index (χ1n) is 7.57. The van der Waals surface area contributed by atoms with Crippen molar-refractivity contribution < 1.29 is 4.79 Å². The Kier molecular flexibility index (Phi) is 5.98. The lowest BCUT2D eigenvalue weighted by Crippen LogP contribution is -2.30. The fourth-order valence-electron chi connectivity index (χ4n) is 2.56. The number of rotatable bonds is 6. The van der Waals surface area contributed by atoms with Gasteiger partial charge < -0.3 is 10.2 Å². The summed E-state index contributed by atoms with van der Waals surface area (Å²) in [6, 6.07) is 0. The molecule has 20 heavy (non-hydrogen) atoms. The maximum absolute atomic E-state index is 12.2. The highest BCUT2D eigenvalue weighted by Gasteiger charge is 2.17. The third-order valence-electron chi connectivity index (χ3n) is 3.97. The van der Waals surface area contributed by atoms with Gasteiger partial charge in [-0.25, -0.2) is 4.98 Å². The molecule has 1 aliphatic rings. The van der Waals surface area contributed by atoms with Gasteiger partial charge in [-0.2, -0.15) is 0 Å². The van der Waals surface area contributed by atoms with Crippen molar-refractivity contribution in [3.8, 4) is 0 Å². The zero-order valence-electron chi connectivity index (χ0n) is 12.5. The fourth-order valence-corrected chi connectivity index (χ4v) is 3.48. The van der Waals surface area contributed by atoms with E-state index in [1.165, 1.54) is 17.7 Å². The second kappa shape index (κ2) is 7.74. The first-order chi connectivity index (χ1) is 9.69. The van der Waals surface area contributed by atoms with E-state index in [-0.39, 0.29) is 5.91 Å². The molecule has 1 fully saturated rings. The van der Waals surface area contributed by atoms with Crippen molar-refractivity contribution in [1.29, 1.82) is 0 Å². The third-order valence-corrected chi connectivity index (χ3v) is 5.10. The quantitative estimate of drug-likeness (QED) is 0.877. The van der Waals surface area contributed by atoms with Gasteiger partial charge in [-0.05, 0) is 44.7 Å². The number of carbonyl (C=O) groups is 1. The van der Waals surface area contributed by atoms with E-state index in [2.05, 4.69) is 17.2 Å². The number of hydrogen-bond acceptors (Lipinski definition) is 4. The normalized spacial score (nSPS) is 16.3. The molecule has 1 aromatic heterocycles. The molecule has 112 valence electrons. The van der Waals surface area contributed by atoms with Crippen LogP contribution in [0.15, 0.2) is 6.20 Å².